The Bertz CT molecular complexity index is 1770. The van der Waals surface area contributed by atoms with Crippen LogP contribution in [0.4, 0.5) is 13.2 Å². The first-order valence-electron chi connectivity index (χ1n) is 16.1. The molecular formula is C32H40F3N9O3Si. The third-order valence-corrected chi connectivity index (χ3v) is 10.9. The van der Waals surface area contributed by atoms with Gasteiger partial charge in [-0.2, -0.15) is 28.5 Å². The molecule has 12 nitrogen and oxygen atoms in total. The van der Waals surface area contributed by atoms with Gasteiger partial charge < -0.3 is 19.1 Å². The maximum atomic E-state index is 13.2. The Balaban J connectivity index is 1.08. The van der Waals surface area contributed by atoms with Crippen LogP contribution in [0.2, 0.25) is 25.7 Å². The molecule has 1 N–H and O–H groups in total. The van der Waals surface area contributed by atoms with Crippen molar-refractivity contribution in [3.05, 3.63) is 48.6 Å². The maximum absolute atomic E-state index is 13.2. The Morgan fingerprint density at radius 3 is 2.58 bits per heavy atom. The number of likely N-dealkylation sites (tertiary alicyclic amines) is 1. The van der Waals surface area contributed by atoms with E-state index in [1.165, 1.54) is 6.07 Å². The van der Waals surface area contributed by atoms with Crippen molar-refractivity contribution >= 4 is 19.1 Å². The molecule has 0 aromatic carbocycles. The molecule has 1 aliphatic carbocycles. The van der Waals surface area contributed by atoms with Gasteiger partial charge in [-0.1, -0.05) is 19.6 Å². The van der Waals surface area contributed by atoms with E-state index in [0.29, 0.717) is 45.7 Å². The van der Waals surface area contributed by atoms with Crippen molar-refractivity contribution in [2.75, 3.05) is 19.7 Å². The minimum atomic E-state index is -4.74. The Labute approximate surface area is 277 Å². The average molecular weight is 684 g/mol. The molecule has 2 aliphatic rings. The van der Waals surface area contributed by atoms with Gasteiger partial charge in [-0.05, 0) is 37.8 Å². The second kappa shape index (κ2) is 13.5. The van der Waals surface area contributed by atoms with Gasteiger partial charge in [-0.15, -0.1) is 0 Å². The van der Waals surface area contributed by atoms with Crippen LogP contribution < -0.4 is 4.74 Å². The van der Waals surface area contributed by atoms with Gasteiger partial charge in [0.25, 0.3) is 0 Å². The summed E-state index contributed by atoms with van der Waals surface area (Å²) in [5.41, 5.74) is 1.79. The fraction of sp³-hybridized carbons (Fsp3) is 0.562. The van der Waals surface area contributed by atoms with E-state index in [2.05, 4.69) is 50.5 Å². The minimum Gasteiger partial charge on any atom is -0.474 e. The van der Waals surface area contributed by atoms with Gasteiger partial charge in [0.05, 0.1) is 36.7 Å². The topological polar surface area (TPSA) is 140 Å². The second-order valence-corrected chi connectivity index (χ2v) is 19.6. The predicted octanol–water partition coefficient (Wildman–Crippen LogP) is 5.22. The highest BCUT2D eigenvalue weighted by Gasteiger charge is 2.48. The first-order chi connectivity index (χ1) is 22.9. The lowest BCUT2D eigenvalue weighted by Crippen LogP contribution is -2.65. The minimum absolute atomic E-state index is 0.141. The number of nitrogens with zero attached hydrogens (tertiary/aromatic N) is 9. The van der Waals surface area contributed by atoms with Gasteiger partial charge in [0.1, 0.15) is 30.3 Å². The number of aliphatic hydroxyl groups excluding tert-OH is 1. The summed E-state index contributed by atoms with van der Waals surface area (Å²) in [5, 5.41) is 24.7. The largest absolute Gasteiger partial charge is 0.474 e. The van der Waals surface area contributed by atoms with Crippen molar-refractivity contribution < 1.29 is 27.8 Å². The number of hydrogen-bond donors (Lipinski definition) is 1. The van der Waals surface area contributed by atoms with Gasteiger partial charge >= 0.3 is 6.18 Å². The third-order valence-electron chi connectivity index (χ3n) is 9.15. The first kappa shape index (κ1) is 34.0. The van der Waals surface area contributed by atoms with Crippen molar-refractivity contribution in [3.63, 3.8) is 0 Å². The molecule has 0 spiro atoms. The van der Waals surface area contributed by atoms with Crippen molar-refractivity contribution in [1.29, 1.82) is 5.26 Å². The number of nitriles is 1. The molecule has 1 aliphatic heterocycles. The van der Waals surface area contributed by atoms with E-state index in [1.54, 1.807) is 12.5 Å². The van der Waals surface area contributed by atoms with E-state index in [-0.39, 0.29) is 23.7 Å². The highest BCUT2D eigenvalue weighted by atomic mass is 28.3. The Morgan fingerprint density at radius 1 is 1.12 bits per heavy atom. The molecule has 0 radical (unpaired) electrons. The van der Waals surface area contributed by atoms with Crippen LogP contribution in [-0.4, -0.2) is 84.2 Å². The molecule has 0 amide bonds. The normalized spacial score (nSPS) is 20.0. The molecule has 1 saturated carbocycles. The number of halogens is 3. The maximum Gasteiger partial charge on any atom is 0.451 e. The number of hydrogen-bond acceptors (Lipinski definition) is 10. The average Bonchev–Trinajstić information content (AvgIpc) is 3.68. The van der Waals surface area contributed by atoms with Crippen LogP contribution in [0.3, 0.4) is 0 Å². The third kappa shape index (κ3) is 7.38. The number of alkyl halides is 3. The summed E-state index contributed by atoms with van der Waals surface area (Å²) >= 11 is 0. The molecule has 0 unspecified atom stereocenters. The van der Waals surface area contributed by atoms with E-state index in [0.717, 1.165) is 41.2 Å². The van der Waals surface area contributed by atoms with Crippen LogP contribution in [-0.2, 0) is 29.8 Å². The molecule has 48 heavy (non-hydrogen) atoms. The molecule has 2 fully saturated rings. The van der Waals surface area contributed by atoms with E-state index in [4.69, 9.17) is 14.6 Å². The lowest BCUT2D eigenvalue weighted by Gasteiger charge is -2.53. The summed E-state index contributed by atoms with van der Waals surface area (Å²) in [5.74, 6) is -1.51. The molecule has 4 aromatic heterocycles. The summed E-state index contributed by atoms with van der Waals surface area (Å²) in [4.78, 5) is 18.3. The van der Waals surface area contributed by atoms with E-state index < -0.39 is 32.2 Å². The van der Waals surface area contributed by atoms with Crippen LogP contribution in [0.25, 0.3) is 22.3 Å². The summed E-state index contributed by atoms with van der Waals surface area (Å²) in [6.07, 6.45) is 5.40. The standard InChI is InChI=1S/C32H40F3N9O3Si/c1-48(2,3)13-12-46-21-42-11-8-26-28(37-20-38-29(26)42)22-15-39-44(16-22)31(9-10-36)18-43(19-31)24-4-6-25(7-5-24)47-27-14-23(17-45)40-30(41-27)32(33,34)35/h8,11,14-16,20,24-25,45H,4-7,9,12-13,17-19,21H2,1-3H3/t24-,25-. The van der Waals surface area contributed by atoms with E-state index >= 15 is 0 Å². The van der Waals surface area contributed by atoms with Crippen molar-refractivity contribution in [1.82, 2.24) is 39.2 Å². The molecule has 0 atom stereocenters. The molecule has 6 rings (SSSR count). The van der Waals surface area contributed by atoms with Crippen molar-refractivity contribution in [3.8, 4) is 23.2 Å². The summed E-state index contributed by atoms with van der Waals surface area (Å²) in [7, 11) is -1.18. The molecule has 256 valence electrons. The summed E-state index contributed by atoms with van der Waals surface area (Å²) in [6.45, 7) is 8.78. The second-order valence-electron chi connectivity index (χ2n) is 14.0. The monoisotopic (exact) mass is 683 g/mol. The van der Waals surface area contributed by atoms with Gasteiger partial charge in [-0.3, -0.25) is 9.58 Å². The highest BCUT2D eigenvalue weighted by Crippen LogP contribution is 2.39. The Hall–Kier alpha value is -3.91. The van der Waals surface area contributed by atoms with Crippen LogP contribution in [0, 0.1) is 11.3 Å². The van der Waals surface area contributed by atoms with Crippen molar-refractivity contribution in [2.45, 2.75) is 95.0 Å². The van der Waals surface area contributed by atoms with E-state index in [1.807, 2.05) is 27.7 Å². The molecule has 1 saturated heterocycles. The number of rotatable bonds is 12. The SMILES string of the molecule is C[Si](C)(C)CCOCn1ccc2c(-c3cnn(C4(CC#N)CN([C@H]5CC[C@H](Oc6cc(CO)nc(C(F)(F)F)n6)CC5)C4)c3)ncnc21. The van der Waals surface area contributed by atoms with Gasteiger partial charge in [0.15, 0.2) is 0 Å². The van der Waals surface area contributed by atoms with Gasteiger partial charge in [-0.25, -0.2) is 15.0 Å². The summed E-state index contributed by atoms with van der Waals surface area (Å²) < 4.78 is 55.3. The summed E-state index contributed by atoms with van der Waals surface area (Å²) in [6, 6.07) is 6.94. The quantitative estimate of drug-likeness (QED) is 0.156. The van der Waals surface area contributed by atoms with Crippen LogP contribution >= 0.6 is 0 Å². The lowest BCUT2D eigenvalue weighted by atomic mass is 9.82. The number of ether oxygens (including phenoxy) is 2. The van der Waals surface area contributed by atoms with Gasteiger partial charge in [0.2, 0.25) is 11.7 Å². The van der Waals surface area contributed by atoms with Crippen LogP contribution in [0.1, 0.15) is 43.6 Å². The fourth-order valence-corrected chi connectivity index (χ4v) is 7.23. The zero-order valence-corrected chi connectivity index (χ0v) is 28.3. The molecule has 16 heteroatoms. The van der Waals surface area contributed by atoms with Crippen LogP contribution in [0.5, 0.6) is 5.88 Å². The molecule has 4 aromatic rings. The highest BCUT2D eigenvalue weighted by molar-refractivity contribution is 6.76. The Kier molecular flexibility index (Phi) is 9.58. The number of aromatic nitrogens is 7. The molecular weight excluding hydrogens is 643 g/mol. The zero-order valence-electron chi connectivity index (χ0n) is 27.3. The van der Waals surface area contributed by atoms with Crippen LogP contribution in [0.15, 0.2) is 37.1 Å². The molecule has 0 bridgehead atoms. The van der Waals surface area contributed by atoms with E-state index in [9.17, 15) is 23.5 Å². The number of fused-ring (bicyclic) bond motifs is 1. The number of aliphatic hydroxyl groups is 1. The van der Waals surface area contributed by atoms with Gasteiger partial charge in [0, 0.05) is 63.2 Å². The smallest absolute Gasteiger partial charge is 0.451 e. The Morgan fingerprint density at radius 2 is 1.90 bits per heavy atom. The fourth-order valence-electron chi connectivity index (χ4n) is 6.48. The first-order valence-corrected chi connectivity index (χ1v) is 19.8. The zero-order chi connectivity index (χ0) is 34.1. The van der Waals surface area contributed by atoms with Crippen molar-refractivity contribution in [2.24, 2.45) is 0 Å². The molecule has 5 heterocycles. The predicted molar refractivity (Wildman–Crippen MR) is 172 cm³/mol. The lowest BCUT2D eigenvalue weighted by molar-refractivity contribution is -0.145.